The van der Waals surface area contributed by atoms with Crippen LogP contribution in [0.1, 0.15) is 0 Å². The summed E-state index contributed by atoms with van der Waals surface area (Å²) in [5.74, 6) is 1.75. The standard InChI is InChI=1S/C51H29N3O3/c1-3-14-30(15-4-1)49-52-50(31-16-5-2-6-17-31)54-51(53-49)39-24-13-27-44-45(39)41-29-32(33-20-11-21-36-34-18-7-9-25-42(34)55-46(33)36)28-40(48(41)57-44)38-23-12-22-37-35-19-8-10-26-43(35)56-47(37)38/h1-29H. The summed E-state index contributed by atoms with van der Waals surface area (Å²) >= 11 is 0. The molecule has 0 saturated carbocycles. The molecule has 266 valence electrons. The molecular formula is C51H29N3O3. The number of fused-ring (bicyclic) bond motifs is 9. The molecule has 0 radical (unpaired) electrons. The molecule has 57 heavy (non-hydrogen) atoms. The molecule has 0 unspecified atom stereocenters. The van der Waals surface area contributed by atoms with Crippen molar-refractivity contribution in [2.45, 2.75) is 0 Å². The molecule has 0 bridgehead atoms. The van der Waals surface area contributed by atoms with Crippen LogP contribution in [0, 0.1) is 0 Å². The Morgan fingerprint density at radius 3 is 1.39 bits per heavy atom. The Morgan fingerprint density at radius 2 is 0.737 bits per heavy atom. The average molecular weight is 732 g/mol. The molecule has 0 aliphatic carbocycles. The molecule has 4 heterocycles. The maximum atomic E-state index is 6.94. The lowest BCUT2D eigenvalue weighted by atomic mass is 9.93. The van der Waals surface area contributed by atoms with Gasteiger partial charge in [0.2, 0.25) is 0 Å². The number of nitrogens with zero attached hydrogens (tertiary/aromatic N) is 3. The third-order valence-electron chi connectivity index (χ3n) is 10.9. The summed E-state index contributed by atoms with van der Waals surface area (Å²) in [6, 6.07) is 59.6. The minimum Gasteiger partial charge on any atom is -0.455 e. The highest BCUT2D eigenvalue weighted by molar-refractivity contribution is 6.19. The quantitative estimate of drug-likeness (QED) is 0.175. The van der Waals surface area contributed by atoms with Gasteiger partial charge in [-0.05, 0) is 35.9 Å². The number of hydrogen-bond donors (Lipinski definition) is 0. The third-order valence-corrected chi connectivity index (χ3v) is 10.9. The molecule has 0 amide bonds. The van der Waals surface area contributed by atoms with E-state index < -0.39 is 0 Å². The molecule has 4 aromatic heterocycles. The van der Waals surface area contributed by atoms with E-state index in [1.165, 1.54) is 0 Å². The Morgan fingerprint density at radius 1 is 0.281 bits per heavy atom. The SMILES string of the molecule is c1ccc(-c2nc(-c3ccccc3)nc(-c3cccc4oc5c(-c6cccc7c6oc6ccccc67)cc(-c6cccc7c6oc6ccccc67)cc5c34)n2)cc1. The van der Waals surface area contributed by atoms with E-state index in [1.54, 1.807) is 0 Å². The van der Waals surface area contributed by atoms with Crippen LogP contribution in [-0.2, 0) is 0 Å². The first-order valence-corrected chi connectivity index (χ1v) is 18.9. The van der Waals surface area contributed by atoms with Crippen LogP contribution in [0.25, 0.3) is 122 Å². The lowest BCUT2D eigenvalue weighted by Crippen LogP contribution is -2.00. The fraction of sp³-hybridized carbons (Fsp3) is 0. The molecule has 0 spiro atoms. The maximum absolute atomic E-state index is 6.94. The van der Waals surface area contributed by atoms with Gasteiger partial charge in [-0.15, -0.1) is 0 Å². The van der Waals surface area contributed by atoms with Gasteiger partial charge in [-0.3, -0.25) is 0 Å². The Bertz CT molecular complexity index is 3470. The second kappa shape index (κ2) is 12.3. The van der Waals surface area contributed by atoms with Crippen LogP contribution in [0.3, 0.4) is 0 Å². The fourth-order valence-electron chi connectivity index (χ4n) is 8.33. The van der Waals surface area contributed by atoms with Crippen molar-refractivity contribution in [2.75, 3.05) is 0 Å². The van der Waals surface area contributed by atoms with Gasteiger partial charge in [0.1, 0.15) is 33.5 Å². The van der Waals surface area contributed by atoms with Crippen molar-refractivity contribution in [1.29, 1.82) is 0 Å². The topological polar surface area (TPSA) is 78.1 Å². The third kappa shape index (κ3) is 4.94. The van der Waals surface area contributed by atoms with Gasteiger partial charge in [0.05, 0.1) is 0 Å². The van der Waals surface area contributed by atoms with E-state index in [-0.39, 0.29) is 0 Å². The first-order valence-electron chi connectivity index (χ1n) is 18.9. The van der Waals surface area contributed by atoms with E-state index in [0.717, 1.165) is 105 Å². The number of para-hydroxylation sites is 4. The highest BCUT2D eigenvalue weighted by Gasteiger charge is 2.24. The first kappa shape index (κ1) is 31.5. The zero-order valence-electron chi connectivity index (χ0n) is 30.3. The zero-order chi connectivity index (χ0) is 37.5. The van der Waals surface area contributed by atoms with Gasteiger partial charge in [-0.2, -0.15) is 0 Å². The molecule has 6 heteroatoms. The van der Waals surface area contributed by atoms with Crippen LogP contribution in [0.4, 0.5) is 0 Å². The molecule has 6 nitrogen and oxygen atoms in total. The van der Waals surface area contributed by atoms with Gasteiger partial charge in [0.15, 0.2) is 17.5 Å². The minimum absolute atomic E-state index is 0.557. The van der Waals surface area contributed by atoms with Crippen LogP contribution < -0.4 is 0 Å². The lowest BCUT2D eigenvalue weighted by Gasteiger charge is -2.10. The van der Waals surface area contributed by atoms with E-state index in [1.807, 2.05) is 103 Å². The van der Waals surface area contributed by atoms with Crippen molar-refractivity contribution in [3.63, 3.8) is 0 Å². The van der Waals surface area contributed by atoms with Gasteiger partial charge < -0.3 is 13.3 Å². The summed E-state index contributed by atoms with van der Waals surface area (Å²) in [5, 5.41) is 6.10. The van der Waals surface area contributed by atoms with E-state index in [9.17, 15) is 0 Å². The number of aromatic nitrogens is 3. The predicted molar refractivity (Wildman–Crippen MR) is 229 cm³/mol. The minimum atomic E-state index is 0.557. The normalized spacial score (nSPS) is 11.9. The fourth-order valence-corrected chi connectivity index (χ4v) is 8.33. The summed E-state index contributed by atoms with van der Waals surface area (Å²) in [7, 11) is 0. The van der Waals surface area contributed by atoms with Crippen LogP contribution in [0.5, 0.6) is 0 Å². The van der Waals surface area contributed by atoms with Crippen molar-refractivity contribution >= 4 is 65.8 Å². The Hall–Kier alpha value is -7.83. The maximum Gasteiger partial charge on any atom is 0.164 e. The highest BCUT2D eigenvalue weighted by atomic mass is 16.3. The van der Waals surface area contributed by atoms with Crippen molar-refractivity contribution < 1.29 is 13.3 Å². The highest BCUT2D eigenvalue weighted by Crippen LogP contribution is 2.46. The van der Waals surface area contributed by atoms with Crippen LogP contribution >= 0.6 is 0 Å². The molecule has 12 rings (SSSR count). The predicted octanol–water partition coefficient (Wildman–Crippen LogP) is 13.9. The summed E-state index contributed by atoms with van der Waals surface area (Å²) in [5.41, 5.74) is 11.3. The van der Waals surface area contributed by atoms with E-state index in [4.69, 9.17) is 28.2 Å². The molecule has 0 N–H and O–H groups in total. The Labute approximate surface area is 325 Å². The van der Waals surface area contributed by atoms with Crippen LogP contribution in [0.15, 0.2) is 189 Å². The van der Waals surface area contributed by atoms with E-state index in [2.05, 4.69) is 72.8 Å². The zero-order valence-corrected chi connectivity index (χ0v) is 30.3. The summed E-state index contributed by atoms with van der Waals surface area (Å²) < 4.78 is 20.2. The number of furan rings is 3. The van der Waals surface area contributed by atoms with Crippen molar-refractivity contribution in [3.8, 4) is 56.4 Å². The largest absolute Gasteiger partial charge is 0.455 e. The summed E-state index contributed by atoms with van der Waals surface area (Å²) in [6.07, 6.45) is 0. The Balaban J connectivity index is 1.18. The molecule has 12 aromatic rings. The van der Waals surface area contributed by atoms with Gasteiger partial charge >= 0.3 is 0 Å². The Kier molecular flexibility index (Phi) is 6.83. The number of hydrogen-bond acceptors (Lipinski definition) is 6. The van der Waals surface area contributed by atoms with Gasteiger partial charge in [-0.25, -0.2) is 15.0 Å². The molecule has 8 aromatic carbocycles. The smallest absolute Gasteiger partial charge is 0.164 e. The second-order valence-corrected chi connectivity index (χ2v) is 14.3. The van der Waals surface area contributed by atoms with Gasteiger partial charge in [-0.1, -0.05) is 146 Å². The van der Waals surface area contributed by atoms with Gasteiger partial charge in [0.25, 0.3) is 0 Å². The number of benzene rings is 8. The second-order valence-electron chi connectivity index (χ2n) is 14.3. The summed E-state index contributed by atoms with van der Waals surface area (Å²) in [4.78, 5) is 15.2. The van der Waals surface area contributed by atoms with Crippen molar-refractivity contribution in [2.24, 2.45) is 0 Å². The van der Waals surface area contributed by atoms with Crippen LogP contribution in [0.2, 0.25) is 0 Å². The van der Waals surface area contributed by atoms with Crippen LogP contribution in [-0.4, -0.2) is 15.0 Å². The molecule has 0 aliphatic rings. The lowest BCUT2D eigenvalue weighted by molar-refractivity contribution is 0.665. The molecule has 0 aliphatic heterocycles. The first-order chi connectivity index (χ1) is 28.2. The molecule has 0 atom stereocenters. The molecule has 0 fully saturated rings. The van der Waals surface area contributed by atoms with E-state index >= 15 is 0 Å². The summed E-state index contributed by atoms with van der Waals surface area (Å²) in [6.45, 7) is 0. The molecule has 0 saturated heterocycles. The van der Waals surface area contributed by atoms with Gasteiger partial charge in [0, 0.05) is 65.7 Å². The van der Waals surface area contributed by atoms with Crippen molar-refractivity contribution in [3.05, 3.63) is 176 Å². The average Bonchev–Trinajstić information content (AvgIpc) is 3.98. The molecular weight excluding hydrogens is 703 g/mol. The monoisotopic (exact) mass is 731 g/mol. The van der Waals surface area contributed by atoms with Crippen molar-refractivity contribution in [1.82, 2.24) is 15.0 Å². The number of rotatable bonds is 5. The van der Waals surface area contributed by atoms with E-state index in [0.29, 0.717) is 17.5 Å².